The van der Waals surface area contributed by atoms with Crippen molar-refractivity contribution in [3.8, 4) is 10.4 Å². The van der Waals surface area contributed by atoms with Crippen LogP contribution in [0.3, 0.4) is 0 Å². The molecule has 0 bridgehead atoms. The van der Waals surface area contributed by atoms with Crippen molar-refractivity contribution in [2.24, 2.45) is 0 Å². The van der Waals surface area contributed by atoms with E-state index in [1.165, 1.54) is 23.1 Å². The third kappa shape index (κ3) is 4.21. The van der Waals surface area contributed by atoms with E-state index in [9.17, 15) is 9.59 Å². The molecule has 1 aromatic heterocycles. The van der Waals surface area contributed by atoms with Crippen molar-refractivity contribution in [2.45, 2.75) is 24.9 Å². The Balaban J connectivity index is 1.35. The molecule has 2 aliphatic rings. The molecule has 0 radical (unpaired) electrons. The second kappa shape index (κ2) is 9.60. The maximum Gasteiger partial charge on any atom is 0.325 e. The maximum absolute atomic E-state index is 13.7. The van der Waals surface area contributed by atoms with Gasteiger partial charge < -0.3 is 14.5 Å². The Kier molecular flexibility index (Phi) is 6.39. The Morgan fingerprint density at radius 3 is 2.44 bits per heavy atom. The summed E-state index contributed by atoms with van der Waals surface area (Å²) in [7, 11) is 1.36. The predicted molar refractivity (Wildman–Crippen MR) is 135 cm³/mol. The molecule has 6 nitrogen and oxygen atoms in total. The van der Waals surface area contributed by atoms with Crippen molar-refractivity contribution >= 4 is 28.9 Å². The van der Waals surface area contributed by atoms with Gasteiger partial charge in [-0.05, 0) is 47.5 Å². The lowest BCUT2D eigenvalue weighted by atomic mass is 9.85. The fraction of sp³-hybridized carbons (Fsp3) is 0.333. The first kappa shape index (κ1) is 22.6. The molecule has 1 amide bonds. The highest BCUT2D eigenvalue weighted by molar-refractivity contribution is 7.13. The lowest BCUT2D eigenvalue weighted by molar-refractivity contribution is -0.146. The molecule has 2 aliphatic heterocycles. The fourth-order valence-electron chi connectivity index (χ4n) is 5.20. The van der Waals surface area contributed by atoms with Gasteiger partial charge in [-0.25, -0.2) is 0 Å². The molecule has 2 aromatic carbocycles. The number of hydrogen-bond donors (Lipinski definition) is 0. The highest BCUT2D eigenvalue weighted by Crippen LogP contribution is 2.40. The fourth-order valence-corrected chi connectivity index (χ4v) is 5.98. The minimum absolute atomic E-state index is 0.0156. The summed E-state index contributed by atoms with van der Waals surface area (Å²) in [6, 6.07) is 22.9. The molecular formula is C27H29N3O3S. The van der Waals surface area contributed by atoms with Gasteiger partial charge in [0.25, 0.3) is 5.91 Å². The number of amides is 1. The number of carbonyl (C=O) groups excluding carboxylic acids is 2. The van der Waals surface area contributed by atoms with Crippen molar-refractivity contribution in [1.82, 2.24) is 9.80 Å². The van der Waals surface area contributed by atoms with Crippen molar-refractivity contribution in [1.29, 1.82) is 0 Å². The van der Waals surface area contributed by atoms with Gasteiger partial charge in [0.1, 0.15) is 12.1 Å². The summed E-state index contributed by atoms with van der Waals surface area (Å²) in [6.45, 7) is 2.88. The number of benzene rings is 2. The molecule has 176 valence electrons. The lowest BCUT2D eigenvalue weighted by Crippen LogP contribution is -2.56. The number of hydrogen-bond acceptors (Lipinski definition) is 6. The van der Waals surface area contributed by atoms with Crippen LogP contribution in [-0.4, -0.2) is 60.6 Å². The molecule has 5 rings (SSSR count). The summed E-state index contributed by atoms with van der Waals surface area (Å²) >= 11 is 1.76. The number of anilines is 1. The first-order valence-electron chi connectivity index (χ1n) is 11.6. The van der Waals surface area contributed by atoms with Crippen LogP contribution in [-0.2, 0) is 20.9 Å². The molecule has 3 heterocycles. The average Bonchev–Trinajstić information content (AvgIpc) is 3.50. The Morgan fingerprint density at radius 2 is 1.74 bits per heavy atom. The first-order valence-corrected chi connectivity index (χ1v) is 12.5. The van der Waals surface area contributed by atoms with Crippen molar-refractivity contribution < 1.29 is 14.3 Å². The Labute approximate surface area is 204 Å². The second-order valence-electron chi connectivity index (χ2n) is 8.93. The van der Waals surface area contributed by atoms with Gasteiger partial charge >= 0.3 is 5.97 Å². The molecule has 0 aliphatic carbocycles. The van der Waals surface area contributed by atoms with Crippen molar-refractivity contribution in [2.75, 3.05) is 38.3 Å². The van der Waals surface area contributed by atoms with Crippen LogP contribution >= 0.6 is 11.3 Å². The molecule has 2 fully saturated rings. The number of likely N-dealkylation sites (tertiary alicyclic amines) is 1. The highest BCUT2D eigenvalue weighted by Gasteiger charge is 2.54. The van der Waals surface area contributed by atoms with Gasteiger partial charge in [0.15, 0.2) is 0 Å². The molecule has 1 spiro atoms. The number of rotatable bonds is 6. The molecule has 0 N–H and O–H groups in total. The van der Waals surface area contributed by atoms with Crippen LogP contribution in [0, 0.1) is 0 Å². The summed E-state index contributed by atoms with van der Waals surface area (Å²) in [6.07, 6.45) is 1.44. The number of thiophene rings is 1. The van der Waals surface area contributed by atoms with Gasteiger partial charge in [0.2, 0.25) is 0 Å². The van der Waals surface area contributed by atoms with E-state index in [4.69, 9.17) is 4.74 Å². The SMILES string of the molecule is COC(=O)CN1CN(c2ccccc2)C2(CCN(Cc3ccccc3-c3cccs3)CC2)C1=O. The number of carbonyl (C=O) groups is 2. The zero-order valence-corrected chi connectivity index (χ0v) is 20.2. The summed E-state index contributed by atoms with van der Waals surface area (Å²) in [5, 5.41) is 2.11. The number of nitrogens with zero attached hydrogens (tertiary/aromatic N) is 3. The number of para-hydroxylation sites is 1. The van der Waals surface area contributed by atoms with Crippen molar-refractivity contribution in [3.05, 3.63) is 77.7 Å². The number of piperidine rings is 1. The number of ether oxygens (including phenoxy) is 1. The second-order valence-corrected chi connectivity index (χ2v) is 9.87. The third-order valence-electron chi connectivity index (χ3n) is 7.01. The molecule has 3 aromatic rings. The summed E-state index contributed by atoms with van der Waals surface area (Å²) < 4.78 is 4.84. The van der Waals surface area contributed by atoms with E-state index >= 15 is 0 Å². The molecular weight excluding hydrogens is 446 g/mol. The van der Waals surface area contributed by atoms with Crippen LogP contribution in [0.1, 0.15) is 18.4 Å². The van der Waals surface area contributed by atoms with Crippen LogP contribution in [0.25, 0.3) is 10.4 Å². The highest BCUT2D eigenvalue weighted by atomic mass is 32.1. The predicted octanol–water partition coefficient (Wildman–Crippen LogP) is 4.23. The molecule has 0 saturated carbocycles. The zero-order valence-electron chi connectivity index (χ0n) is 19.4. The standard InChI is InChI=1S/C27H29N3O3S/c1-33-25(31)19-29-20-30(22-9-3-2-4-10-22)27(26(29)32)13-15-28(16-14-27)18-21-8-5-6-11-23(21)24-12-7-17-34-24/h2-12,17H,13-16,18-20H2,1H3. The smallest absolute Gasteiger partial charge is 0.325 e. The summed E-state index contributed by atoms with van der Waals surface area (Å²) in [5.74, 6) is -0.360. The van der Waals surface area contributed by atoms with Crippen LogP contribution in [0.5, 0.6) is 0 Å². The lowest BCUT2D eigenvalue weighted by Gasteiger charge is -2.43. The minimum Gasteiger partial charge on any atom is -0.468 e. The largest absolute Gasteiger partial charge is 0.468 e. The van der Waals surface area contributed by atoms with Crippen LogP contribution in [0.15, 0.2) is 72.1 Å². The van der Waals surface area contributed by atoms with E-state index in [1.807, 2.05) is 30.3 Å². The van der Waals surface area contributed by atoms with E-state index in [0.717, 1.165) is 38.2 Å². The third-order valence-corrected chi connectivity index (χ3v) is 7.91. The normalized spacial score (nSPS) is 18.0. The zero-order chi connectivity index (χ0) is 23.5. The van der Waals surface area contributed by atoms with E-state index in [0.29, 0.717) is 6.67 Å². The molecule has 0 unspecified atom stereocenters. The van der Waals surface area contributed by atoms with Gasteiger partial charge in [-0.2, -0.15) is 0 Å². The van der Waals surface area contributed by atoms with E-state index in [1.54, 1.807) is 16.2 Å². The maximum atomic E-state index is 13.7. The van der Waals surface area contributed by atoms with Gasteiger partial charge in [-0.3, -0.25) is 14.5 Å². The summed E-state index contributed by atoms with van der Waals surface area (Å²) in [4.78, 5) is 33.2. The number of esters is 1. The van der Waals surface area contributed by atoms with Gasteiger partial charge in [0.05, 0.1) is 13.8 Å². The first-order chi connectivity index (χ1) is 16.6. The van der Waals surface area contributed by atoms with Crippen LogP contribution < -0.4 is 4.90 Å². The molecule has 34 heavy (non-hydrogen) atoms. The molecule has 7 heteroatoms. The van der Waals surface area contributed by atoms with Crippen LogP contribution in [0.2, 0.25) is 0 Å². The van der Waals surface area contributed by atoms with Gasteiger partial charge in [-0.1, -0.05) is 48.5 Å². The van der Waals surface area contributed by atoms with E-state index in [-0.39, 0.29) is 18.4 Å². The minimum atomic E-state index is -0.626. The Morgan fingerprint density at radius 1 is 1.00 bits per heavy atom. The molecule has 2 saturated heterocycles. The average molecular weight is 476 g/mol. The van der Waals surface area contributed by atoms with Gasteiger partial charge in [-0.15, -0.1) is 11.3 Å². The van der Waals surface area contributed by atoms with E-state index < -0.39 is 5.54 Å². The van der Waals surface area contributed by atoms with Crippen LogP contribution in [0.4, 0.5) is 5.69 Å². The number of methoxy groups -OCH3 is 1. The topological polar surface area (TPSA) is 53.1 Å². The Bertz CT molecular complexity index is 1140. The van der Waals surface area contributed by atoms with E-state index in [2.05, 4.69) is 51.6 Å². The monoisotopic (exact) mass is 475 g/mol. The quantitative estimate of drug-likeness (QED) is 0.500. The van der Waals surface area contributed by atoms with Crippen molar-refractivity contribution in [3.63, 3.8) is 0 Å². The summed E-state index contributed by atoms with van der Waals surface area (Å²) in [5.41, 5.74) is 2.98. The Hall–Kier alpha value is -3.16. The molecule has 0 atom stereocenters. The van der Waals surface area contributed by atoms with Gasteiger partial charge in [0, 0.05) is 30.2 Å².